The van der Waals surface area contributed by atoms with Gasteiger partial charge in [-0.05, 0) is 23.8 Å². The number of carbonyl (C=O) groups is 1. The predicted molar refractivity (Wildman–Crippen MR) is 94.8 cm³/mol. The minimum Gasteiger partial charge on any atom is -0.336 e. The monoisotopic (exact) mass is 380 g/mol. The maximum atomic E-state index is 13.0. The molecule has 0 radical (unpaired) electrons. The van der Waals surface area contributed by atoms with E-state index in [0.717, 1.165) is 18.0 Å². The Morgan fingerprint density at radius 1 is 1.32 bits per heavy atom. The highest BCUT2D eigenvalue weighted by Gasteiger charge is 2.24. The molecule has 0 spiro atoms. The van der Waals surface area contributed by atoms with Gasteiger partial charge in [-0.3, -0.25) is 4.79 Å². The molecule has 1 aromatic heterocycles. The molecule has 0 saturated carbocycles. The van der Waals surface area contributed by atoms with Gasteiger partial charge in [0.15, 0.2) is 11.6 Å². The average Bonchev–Trinajstić information content (AvgIpc) is 2.62. The second-order valence-electron chi connectivity index (χ2n) is 5.58. The first kappa shape index (κ1) is 17.8. The third-order valence-corrected chi connectivity index (χ3v) is 4.24. The first-order valence-electron chi connectivity index (χ1n) is 7.64. The second kappa shape index (κ2) is 7.91. The SMILES string of the molecule is O=C(/C=C\Cl)N1CCN[C@H](c2cc(Cl)cc(-c3ncc(F)cn3)c2)C1. The highest BCUT2D eigenvalue weighted by atomic mass is 35.5. The lowest BCUT2D eigenvalue weighted by Crippen LogP contribution is -2.47. The van der Waals surface area contributed by atoms with E-state index in [4.69, 9.17) is 23.2 Å². The summed E-state index contributed by atoms with van der Waals surface area (Å²) in [5.74, 6) is -0.244. The van der Waals surface area contributed by atoms with Gasteiger partial charge in [-0.15, -0.1) is 0 Å². The third kappa shape index (κ3) is 4.34. The van der Waals surface area contributed by atoms with Gasteiger partial charge in [-0.25, -0.2) is 14.4 Å². The molecule has 1 aliphatic heterocycles. The number of benzene rings is 1. The molecule has 1 fully saturated rings. The molecule has 2 aromatic rings. The molecular weight excluding hydrogens is 366 g/mol. The topological polar surface area (TPSA) is 58.1 Å². The van der Waals surface area contributed by atoms with Crippen LogP contribution in [0.1, 0.15) is 11.6 Å². The number of nitrogens with one attached hydrogen (secondary N) is 1. The zero-order valence-electron chi connectivity index (χ0n) is 13.1. The Kier molecular flexibility index (Phi) is 5.63. The molecule has 25 heavy (non-hydrogen) atoms. The van der Waals surface area contributed by atoms with Gasteiger partial charge in [0.1, 0.15) is 0 Å². The van der Waals surface area contributed by atoms with Crippen LogP contribution in [0.15, 0.2) is 42.2 Å². The summed E-state index contributed by atoms with van der Waals surface area (Å²) in [5.41, 5.74) is 2.80. The number of piperazine rings is 1. The van der Waals surface area contributed by atoms with Gasteiger partial charge >= 0.3 is 0 Å². The summed E-state index contributed by atoms with van der Waals surface area (Å²) in [6, 6.07) is 5.36. The Hall–Kier alpha value is -2.02. The number of aromatic nitrogens is 2. The summed E-state index contributed by atoms with van der Waals surface area (Å²) in [4.78, 5) is 21.7. The van der Waals surface area contributed by atoms with Crippen LogP contribution in [0.25, 0.3) is 11.4 Å². The summed E-state index contributed by atoms with van der Waals surface area (Å²) >= 11 is 11.7. The van der Waals surface area contributed by atoms with Gasteiger partial charge in [0, 0.05) is 41.8 Å². The summed E-state index contributed by atoms with van der Waals surface area (Å²) in [7, 11) is 0. The van der Waals surface area contributed by atoms with E-state index in [9.17, 15) is 9.18 Å². The number of halogens is 3. The Morgan fingerprint density at radius 3 is 2.80 bits per heavy atom. The highest BCUT2D eigenvalue weighted by Crippen LogP contribution is 2.27. The molecule has 1 aromatic carbocycles. The largest absolute Gasteiger partial charge is 0.336 e. The van der Waals surface area contributed by atoms with E-state index in [0.29, 0.717) is 36.0 Å². The summed E-state index contributed by atoms with van der Waals surface area (Å²) in [6.07, 6.45) is 3.56. The lowest BCUT2D eigenvalue weighted by Gasteiger charge is -2.33. The van der Waals surface area contributed by atoms with Crippen molar-refractivity contribution in [1.82, 2.24) is 20.2 Å². The number of amides is 1. The molecule has 1 aliphatic rings. The van der Waals surface area contributed by atoms with Crippen molar-refractivity contribution in [3.63, 3.8) is 0 Å². The molecule has 2 heterocycles. The van der Waals surface area contributed by atoms with E-state index >= 15 is 0 Å². The number of carbonyl (C=O) groups excluding carboxylic acids is 1. The van der Waals surface area contributed by atoms with Crippen LogP contribution in [0.5, 0.6) is 0 Å². The first-order chi connectivity index (χ1) is 12.1. The van der Waals surface area contributed by atoms with Gasteiger partial charge in [0.25, 0.3) is 0 Å². The Balaban J connectivity index is 1.87. The minimum absolute atomic E-state index is 0.0840. The van der Waals surface area contributed by atoms with Crippen molar-refractivity contribution in [3.8, 4) is 11.4 Å². The van der Waals surface area contributed by atoms with Crippen LogP contribution in [0.4, 0.5) is 4.39 Å². The molecule has 0 aliphatic carbocycles. The van der Waals surface area contributed by atoms with Gasteiger partial charge < -0.3 is 10.2 Å². The summed E-state index contributed by atoms with van der Waals surface area (Å²) in [5, 5.41) is 3.89. The quantitative estimate of drug-likeness (QED) is 0.830. The van der Waals surface area contributed by atoms with Crippen molar-refractivity contribution >= 4 is 29.1 Å². The lowest BCUT2D eigenvalue weighted by molar-refractivity contribution is -0.127. The number of nitrogens with zero attached hydrogens (tertiary/aromatic N) is 3. The van der Waals surface area contributed by atoms with Crippen LogP contribution in [-0.2, 0) is 4.79 Å². The van der Waals surface area contributed by atoms with E-state index in [1.54, 1.807) is 11.0 Å². The van der Waals surface area contributed by atoms with E-state index in [1.165, 1.54) is 11.6 Å². The zero-order chi connectivity index (χ0) is 17.8. The maximum Gasteiger partial charge on any atom is 0.247 e. The molecule has 1 N–H and O–H groups in total. The third-order valence-electron chi connectivity index (χ3n) is 3.89. The van der Waals surface area contributed by atoms with Gasteiger partial charge in [-0.1, -0.05) is 23.2 Å². The van der Waals surface area contributed by atoms with Crippen molar-refractivity contribution in [3.05, 3.63) is 58.6 Å². The predicted octanol–water partition coefficient (Wildman–Crippen LogP) is 3.16. The first-order valence-corrected chi connectivity index (χ1v) is 8.45. The summed E-state index contributed by atoms with van der Waals surface area (Å²) in [6.45, 7) is 1.75. The molecule has 0 bridgehead atoms. The van der Waals surface area contributed by atoms with E-state index in [1.807, 2.05) is 12.1 Å². The molecule has 130 valence electrons. The Morgan fingerprint density at radius 2 is 2.08 bits per heavy atom. The maximum absolute atomic E-state index is 13.0. The van der Waals surface area contributed by atoms with Crippen molar-refractivity contribution in [2.75, 3.05) is 19.6 Å². The van der Waals surface area contributed by atoms with Gasteiger partial charge in [0.2, 0.25) is 5.91 Å². The van der Waals surface area contributed by atoms with E-state index in [2.05, 4.69) is 15.3 Å². The standard InChI is InChI=1S/C17H15Cl2FN4O/c18-2-1-16(25)24-4-3-21-15(10-24)11-5-12(7-13(19)6-11)17-22-8-14(20)9-23-17/h1-2,5-9,15,21H,3-4,10H2/b2-1-/t15-/m0/s1. The van der Waals surface area contributed by atoms with Crippen LogP contribution in [-0.4, -0.2) is 40.4 Å². The fourth-order valence-electron chi connectivity index (χ4n) is 2.74. The number of hydrogen-bond donors (Lipinski definition) is 1. The number of rotatable bonds is 3. The van der Waals surface area contributed by atoms with Crippen LogP contribution in [0.2, 0.25) is 5.02 Å². The molecular formula is C17H15Cl2FN4O. The van der Waals surface area contributed by atoms with Crippen molar-refractivity contribution < 1.29 is 9.18 Å². The second-order valence-corrected chi connectivity index (χ2v) is 6.27. The van der Waals surface area contributed by atoms with E-state index < -0.39 is 5.82 Å². The molecule has 8 heteroatoms. The van der Waals surface area contributed by atoms with Crippen LogP contribution in [0, 0.1) is 5.82 Å². The normalized spacial score (nSPS) is 17.9. The molecule has 0 unspecified atom stereocenters. The average molecular weight is 381 g/mol. The molecule has 1 saturated heterocycles. The van der Waals surface area contributed by atoms with Crippen LogP contribution in [0.3, 0.4) is 0 Å². The fraction of sp³-hybridized carbons (Fsp3) is 0.235. The Bertz CT molecular complexity index is 798. The minimum atomic E-state index is -0.499. The Labute approximate surface area is 154 Å². The molecule has 5 nitrogen and oxygen atoms in total. The van der Waals surface area contributed by atoms with Crippen molar-refractivity contribution in [1.29, 1.82) is 0 Å². The van der Waals surface area contributed by atoms with Gasteiger partial charge in [0.05, 0.1) is 18.4 Å². The van der Waals surface area contributed by atoms with Gasteiger partial charge in [-0.2, -0.15) is 0 Å². The van der Waals surface area contributed by atoms with Crippen molar-refractivity contribution in [2.24, 2.45) is 0 Å². The summed E-state index contributed by atoms with van der Waals surface area (Å²) < 4.78 is 13.0. The molecule has 3 rings (SSSR count). The van der Waals surface area contributed by atoms with Crippen LogP contribution < -0.4 is 5.32 Å². The van der Waals surface area contributed by atoms with Crippen molar-refractivity contribution in [2.45, 2.75) is 6.04 Å². The fourth-order valence-corrected chi connectivity index (χ4v) is 3.09. The number of hydrogen-bond acceptors (Lipinski definition) is 4. The zero-order valence-corrected chi connectivity index (χ0v) is 14.6. The molecule has 1 amide bonds. The van der Waals surface area contributed by atoms with E-state index in [-0.39, 0.29) is 11.9 Å². The smallest absolute Gasteiger partial charge is 0.247 e. The van der Waals surface area contributed by atoms with Crippen LogP contribution >= 0.6 is 23.2 Å². The molecule has 1 atom stereocenters. The lowest BCUT2D eigenvalue weighted by atomic mass is 10.0. The highest BCUT2D eigenvalue weighted by molar-refractivity contribution is 6.31.